The van der Waals surface area contributed by atoms with E-state index in [2.05, 4.69) is 15.2 Å². The molecule has 5 rings (SSSR count). The quantitative estimate of drug-likeness (QED) is 0.231. The fourth-order valence-electron chi connectivity index (χ4n) is 3.50. The normalized spacial score (nSPS) is 11.7. The number of aromatic nitrogens is 4. The summed E-state index contributed by atoms with van der Waals surface area (Å²) in [5.74, 6) is 0.176. The second kappa shape index (κ2) is 9.12. The van der Waals surface area contributed by atoms with E-state index in [9.17, 15) is 18.0 Å². The van der Waals surface area contributed by atoms with Gasteiger partial charge >= 0.3 is 6.18 Å². The molecule has 5 aromatic rings. The number of carbonyl (C=O) groups is 1. The van der Waals surface area contributed by atoms with E-state index < -0.39 is 11.1 Å². The molecule has 0 fully saturated rings. The zero-order chi connectivity index (χ0) is 24.6. The number of rotatable bonds is 6. The van der Waals surface area contributed by atoms with Gasteiger partial charge in [0.2, 0.25) is 5.82 Å². The number of carbonyl (C=O) groups excluding carboxylic acids is 1. The Balaban J connectivity index is 1.44. The summed E-state index contributed by atoms with van der Waals surface area (Å²) >= 11 is 6.97. The zero-order valence-electron chi connectivity index (χ0n) is 17.7. The Morgan fingerprint density at radius 1 is 1.06 bits per heavy atom. The minimum atomic E-state index is -4.53. The number of benzene rings is 2. The van der Waals surface area contributed by atoms with Crippen molar-refractivity contribution in [1.82, 2.24) is 19.9 Å². The predicted molar refractivity (Wildman–Crippen MR) is 125 cm³/mol. The third-order valence-corrected chi connectivity index (χ3v) is 6.66. The molecule has 0 aliphatic carbocycles. The fraction of sp³-hybridized carbons (Fsp3) is 0.0833. The van der Waals surface area contributed by atoms with E-state index in [-0.39, 0.29) is 22.2 Å². The summed E-state index contributed by atoms with van der Waals surface area (Å²) < 4.78 is 48.0. The van der Waals surface area contributed by atoms with Crippen molar-refractivity contribution in [3.8, 4) is 33.3 Å². The van der Waals surface area contributed by atoms with Gasteiger partial charge in [0.25, 0.3) is 5.89 Å². The molecule has 3 aromatic heterocycles. The first-order valence-corrected chi connectivity index (χ1v) is 11.4. The molecule has 6 nitrogen and oxygen atoms in total. The standard InChI is InChI=1S/C24H14ClF3N4O2S/c25-19-10-15(6-7-16(19)12-32-9-8-17(13-33)30-32)22-29-23(34-31-22)20-11-18(14-4-2-1-3-5-14)21(35-20)24(26,27)28/h1-11,13H,12H2. The van der Waals surface area contributed by atoms with Crippen LogP contribution in [0.2, 0.25) is 5.02 Å². The minimum Gasteiger partial charge on any atom is -0.333 e. The molecule has 0 saturated carbocycles. The summed E-state index contributed by atoms with van der Waals surface area (Å²) in [6.07, 6.45) is -2.20. The van der Waals surface area contributed by atoms with Crippen LogP contribution < -0.4 is 0 Å². The summed E-state index contributed by atoms with van der Waals surface area (Å²) in [6.45, 7) is 0.349. The Morgan fingerprint density at radius 2 is 1.86 bits per heavy atom. The van der Waals surface area contributed by atoms with Gasteiger partial charge in [-0.25, -0.2) is 0 Å². The van der Waals surface area contributed by atoms with Gasteiger partial charge in [-0.3, -0.25) is 9.48 Å². The van der Waals surface area contributed by atoms with Crippen LogP contribution in [0.1, 0.15) is 20.9 Å². The maximum Gasteiger partial charge on any atom is 0.426 e. The van der Waals surface area contributed by atoms with Crippen molar-refractivity contribution < 1.29 is 22.5 Å². The van der Waals surface area contributed by atoms with Gasteiger partial charge < -0.3 is 4.52 Å². The van der Waals surface area contributed by atoms with Crippen molar-refractivity contribution in [1.29, 1.82) is 0 Å². The monoisotopic (exact) mass is 514 g/mol. The van der Waals surface area contributed by atoms with Crippen molar-refractivity contribution in [2.45, 2.75) is 12.7 Å². The number of nitrogens with zero attached hydrogens (tertiary/aromatic N) is 4. The first kappa shape index (κ1) is 23.0. The van der Waals surface area contributed by atoms with Crippen LogP contribution in [0.4, 0.5) is 13.2 Å². The molecule has 0 saturated heterocycles. The SMILES string of the molecule is O=Cc1ccn(Cc2ccc(-c3noc(-c4cc(-c5ccccc5)c(C(F)(F)F)s4)n3)cc2Cl)n1. The Morgan fingerprint density at radius 3 is 2.54 bits per heavy atom. The maximum absolute atomic E-state index is 13.7. The number of thiophene rings is 1. The number of halogens is 4. The first-order chi connectivity index (χ1) is 16.8. The molecule has 176 valence electrons. The zero-order valence-corrected chi connectivity index (χ0v) is 19.2. The predicted octanol–water partition coefficient (Wildman–Crippen LogP) is 6.86. The van der Waals surface area contributed by atoms with E-state index in [1.807, 2.05) is 0 Å². The van der Waals surface area contributed by atoms with Gasteiger partial charge in [0.15, 0.2) is 6.29 Å². The van der Waals surface area contributed by atoms with Crippen LogP contribution in [-0.2, 0) is 12.7 Å². The highest BCUT2D eigenvalue weighted by atomic mass is 35.5. The molecule has 0 unspecified atom stereocenters. The highest BCUT2D eigenvalue weighted by molar-refractivity contribution is 7.16. The Hall–Kier alpha value is -3.76. The molecular formula is C24H14ClF3N4O2S. The van der Waals surface area contributed by atoms with Gasteiger partial charge in [-0.1, -0.05) is 59.2 Å². The lowest BCUT2D eigenvalue weighted by atomic mass is 10.1. The molecule has 0 aliphatic heterocycles. The number of hydrogen-bond acceptors (Lipinski definition) is 6. The molecular weight excluding hydrogens is 501 g/mol. The van der Waals surface area contributed by atoms with Crippen LogP contribution in [0.25, 0.3) is 33.3 Å². The number of aldehydes is 1. The topological polar surface area (TPSA) is 73.8 Å². The molecule has 0 amide bonds. The van der Waals surface area contributed by atoms with Crippen molar-refractivity contribution >= 4 is 29.2 Å². The molecule has 0 N–H and O–H groups in total. The first-order valence-electron chi connectivity index (χ1n) is 10.2. The third kappa shape index (κ3) is 4.75. The van der Waals surface area contributed by atoms with E-state index >= 15 is 0 Å². The molecule has 0 radical (unpaired) electrons. The lowest BCUT2D eigenvalue weighted by Crippen LogP contribution is -2.03. The summed E-state index contributed by atoms with van der Waals surface area (Å²) in [5.41, 5.74) is 2.11. The van der Waals surface area contributed by atoms with Crippen LogP contribution in [0.3, 0.4) is 0 Å². The number of hydrogen-bond donors (Lipinski definition) is 0. The van der Waals surface area contributed by atoms with Crippen LogP contribution in [0, 0.1) is 0 Å². The minimum absolute atomic E-state index is 0.0178. The molecule has 3 heterocycles. The second-order valence-electron chi connectivity index (χ2n) is 7.50. The van der Waals surface area contributed by atoms with Gasteiger partial charge in [0.1, 0.15) is 10.6 Å². The van der Waals surface area contributed by atoms with Gasteiger partial charge in [-0.05, 0) is 29.3 Å². The van der Waals surface area contributed by atoms with Crippen LogP contribution >= 0.6 is 22.9 Å². The summed E-state index contributed by atoms with van der Waals surface area (Å²) in [5, 5.41) is 8.45. The highest BCUT2D eigenvalue weighted by Gasteiger charge is 2.37. The summed E-state index contributed by atoms with van der Waals surface area (Å²) in [4.78, 5) is 14.6. The fourth-order valence-corrected chi connectivity index (χ4v) is 4.71. The lowest BCUT2D eigenvalue weighted by Gasteiger charge is -2.07. The summed E-state index contributed by atoms with van der Waals surface area (Å²) in [6, 6.07) is 16.5. The van der Waals surface area contributed by atoms with Gasteiger partial charge in [-0.2, -0.15) is 23.3 Å². The van der Waals surface area contributed by atoms with E-state index in [1.54, 1.807) is 65.5 Å². The molecule has 0 spiro atoms. The molecule has 0 bridgehead atoms. The Labute approximate surface area is 205 Å². The van der Waals surface area contributed by atoms with Gasteiger partial charge in [0.05, 0.1) is 11.4 Å². The van der Waals surface area contributed by atoms with Crippen molar-refractivity contribution in [3.63, 3.8) is 0 Å². The number of alkyl halides is 3. The van der Waals surface area contributed by atoms with E-state index in [0.717, 1.165) is 5.56 Å². The third-order valence-electron chi connectivity index (χ3n) is 5.14. The second-order valence-corrected chi connectivity index (χ2v) is 8.96. The maximum atomic E-state index is 13.7. The van der Waals surface area contributed by atoms with Crippen LogP contribution in [0.5, 0.6) is 0 Å². The van der Waals surface area contributed by atoms with Crippen molar-refractivity contribution in [2.75, 3.05) is 0 Å². The average molecular weight is 515 g/mol. The van der Waals surface area contributed by atoms with Crippen molar-refractivity contribution in [3.05, 3.63) is 88.0 Å². The highest BCUT2D eigenvalue weighted by Crippen LogP contribution is 2.45. The molecule has 0 aliphatic rings. The van der Waals surface area contributed by atoms with Crippen LogP contribution in [0.15, 0.2) is 71.4 Å². The Kier molecular flexibility index (Phi) is 6.00. The van der Waals surface area contributed by atoms with Gasteiger partial charge in [-0.15, -0.1) is 11.3 Å². The van der Waals surface area contributed by atoms with Crippen molar-refractivity contribution in [2.24, 2.45) is 0 Å². The average Bonchev–Trinajstić information content (AvgIpc) is 3.60. The molecule has 0 atom stereocenters. The smallest absolute Gasteiger partial charge is 0.333 e. The summed E-state index contributed by atoms with van der Waals surface area (Å²) in [7, 11) is 0. The Bertz CT molecular complexity index is 1510. The van der Waals surface area contributed by atoms with Gasteiger partial charge in [0, 0.05) is 22.3 Å². The molecule has 2 aromatic carbocycles. The molecule has 11 heteroatoms. The van der Waals surface area contributed by atoms with E-state index in [1.165, 1.54) is 6.07 Å². The largest absolute Gasteiger partial charge is 0.426 e. The molecule has 35 heavy (non-hydrogen) atoms. The van der Waals surface area contributed by atoms with E-state index in [0.29, 0.717) is 46.0 Å². The lowest BCUT2D eigenvalue weighted by molar-refractivity contribution is -0.133. The van der Waals surface area contributed by atoms with E-state index in [4.69, 9.17) is 16.1 Å². The van der Waals surface area contributed by atoms with Crippen LogP contribution in [-0.4, -0.2) is 26.2 Å².